The fourth-order valence-electron chi connectivity index (χ4n) is 3.03. The number of unbranched alkanes of at least 4 members (excludes halogenated alkanes) is 12. The maximum Gasteiger partial charge on any atom is 0.297 e. The molecule has 0 heterocycles. The largest absolute Gasteiger partial charge is 0.297 e. The molecule has 0 unspecified atom stereocenters. The summed E-state index contributed by atoms with van der Waals surface area (Å²) in [4.78, 5) is 0.00898. The van der Waals surface area contributed by atoms with Crippen molar-refractivity contribution in [3.8, 4) is 0 Å². The van der Waals surface area contributed by atoms with Crippen molar-refractivity contribution < 1.29 is 12.6 Å². The van der Waals surface area contributed by atoms with E-state index in [1.165, 1.54) is 82.4 Å². The summed E-state index contributed by atoms with van der Waals surface area (Å²) in [6, 6.07) is 4.20. The van der Waals surface area contributed by atoms with Crippen LogP contribution in [0.2, 0.25) is 10.0 Å². The predicted molar refractivity (Wildman–Crippen MR) is 115 cm³/mol. The van der Waals surface area contributed by atoms with E-state index < -0.39 is 10.1 Å². The van der Waals surface area contributed by atoms with Crippen molar-refractivity contribution in [1.29, 1.82) is 0 Å². The van der Waals surface area contributed by atoms with E-state index in [0.717, 1.165) is 19.3 Å². The van der Waals surface area contributed by atoms with Crippen LogP contribution in [0, 0.1) is 0 Å². The zero-order valence-corrected chi connectivity index (χ0v) is 18.8. The molecule has 0 fully saturated rings. The van der Waals surface area contributed by atoms with Crippen molar-refractivity contribution in [2.24, 2.45) is 0 Å². The molecule has 27 heavy (non-hydrogen) atoms. The van der Waals surface area contributed by atoms with E-state index in [9.17, 15) is 8.42 Å². The average molecular weight is 437 g/mol. The third kappa shape index (κ3) is 12.0. The van der Waals surface area contributed by atoms with E-state index in [1.54, 1.807) is 0 Å². The highest BCUT2D eigenvalue weighted by molar-refractivity contribution is 7.86. The highest BCUT2D eigenvalue weighted by Crippen LogP contribution is 2.23. The maximum atomic E-state index is 12.1. The number of hydrogen-bond donors (Lipinski definition) is 0. The van der Waals surface area contributed by atoms with Gasteiger partial charge in [-0.15, -0.1) is 0 Å². The van der Waals surface area contributed by atoms with Crippen molar-refractivity contribution in [2.45, 2.75) is 95.3 Å². The maximum absolute atomic E-state index is 12.1. The minimum Gasteiger partial charge on any atom is -0.266 e. The fourth-order valence-corrected chi connectivity index (χ4v) is 4.70. The first-order valence-corrected chi connectivity index (χ1v) is 12.5. The van der Waals surface area contributed by atoms with Crippen LogP contribution < -0.4 is 0 Å². The Morgan fingerprint density at radius 2 is 1.11 bits per heavy atom. The highest BCUT2D eigenvalue weighted by Gasteiger charge is 2.16. The monoisotopic (exact) mass is 436 g/mol. The summed E-state index contributed by atoms with van der Waals surface area (Å²) in [5, 5.41) is 0.566. The van der Waals surface area contributed by atoms with Gasteiger partial charge in [-0.2, -0.15) is 8.42 Å². The molecule has 0 aliphatic heterocycles. The van der Waals surface area contributed by atoms with Crippen molar-refractivity contribution in [2.75, 3.05) is 6.61 Å². The molecular weight excluding hydrogens is 403 g/mol. The molecule has 6 heteroatoms. The molecule has 0 aliphatic rings. The molecule has 0 aromatic heterocycles. The van der Waals surface area contributed by atoms with Crippen LogP contribution in [0.1, 0.15) is 90.4 Å². The van der Waals surface area contributed by atoms with Crippen LogP contribution in [-0.2, 0) is 14.3 Å². The third-order valence-electron chi connectivity index (χ3n) is 4.61. The zero-order chi connectivity index (χ0) is 20.0. The minimum atomic E-state index is -3.79. The summed E-state index contributed by atoms with van der Waals surface area (Å²) in [6.07, 6.45) is 16.2. The van der Waals surface area contributed by atoms with Crippen LogP contribution in [0.5, 0.6) is 0 Å². The van der Waals surface area contributed by atoms with Gasteiger partial charge in [-0.3, -0.25) is 4.18 Å². The van der Waals surface area contributed by atoms with Gasteiger partial charge in [0.2, 0.25) is 0 Å². The lowest BCUT2D eigenvalue weighted by Gasteiger charge is -2.07. The van der Waals surface area contributed by atoms with Crippen molar-refractivity contribution in [3.05, 3.63) is 28.2 Å². The van der Waals surface area contributed by atoms with Gasteiger partial charge in [-0.1, -0.05) is 107 Å². The van der Waals surface area contributed by atoms with E-state index in [1.807, 2.05) is 0 Å². The van der Waals surface area contributed by atoms with Crippen molar-refractivity contribution in [3.63, 3.8) is 0 Å². The molecule has 1 rings (SSSR count). The molecule has 0 saturated carbocycles. The van der Waals surface area contributed by atoms with Crippen LogP contribution in [0.15, 0.2) is 23.1 Å². The average Bonchev–Trinajstić information content (AvgIpc) is 2.61. The number of rotatable bonds is 16. The Kier molecular flexibility index (Phi) is 13.4. The van der Waals surface area contributed by atoms with Gasteiger partial charge in [0.1, 0.15) is 0 Å². The number of benzene rings is 1. The lowest BCUT2D eigenvalue weighted by atomic mass is 10.0. The minimum absolute atomic E-state index is 0.00898. The molecule has 0 atom stereocenters. The summed E-state index contributed by atoms with van der Waals surface area (Å²) in [6.45, 7) is 2.45. The summed E-state index contributed by atoms with van der Waals surface area (Å²) < 4.78 is 29.3. The molecule has 1 aromatic carbocycles. The Hall–Kier alpha value is -0.290. The predicted octanol–water partition coefficient (Wildman–Crippen LogP) is 7.79. The summed E-state index contributed by atoms with van der Waals surface area (Å²) in [5.74, 6) is 0. The molecule has 0 radical (unpaired) electrons. The summed E-state index contributed by atoms with van der Waals surface area (Å²) in [7, 11) is -3.79. The zero-order valence-electron chi connectivity index (χ0n) is 16.5. The molecule has 0 N–H and O–H groups in total. The molecule has 156 valence electrons. The molecule has 0 bridgehead atoms. The Balaban J connectivity index is 2.01. The van der Waals surface area contributed by atoms with E-state index in [2.05, 4.69) is 6.92 Å². The molecule has 0 amide bonds. The topological polar surface area (TPSA) is 43.4 Å². The molecule has 0 aliphatic carbocycles. The Labute approximate surface area is 175 Å². The van der Waals surface area contributed by atoms with Crippen LogP contribution in [0.3, 0.4) is 0 Å². The van der Waals surface area contributed by atoms with Crippen LogP contribution in [-0.4, -0.2) is 15.0 Å². The van der Waals surface area contributed by atoms with Gasteiger partial charge in [0.15, 0.2) is 0 Å². The van der Waals surface area contributed by atoms with E-state index in [4.69, 9.17) is 27.4 Å². The lowest BCUT2D eigenvalue weighted by Crippen LogP contribution is -2.07. The molecule has 0 saturated heterocycles. The van der Waals surface area contributed by atoms with E-state index in [0.29, 0.717) is 0 Å². The second-order valence-corrected chi connectivity index (χ2v) is 9.61. The number of halogens is 2. The van der Waals surface area contributed by atoms with Crippen molar-refractivity contribution in [1.82, 2.24) is 0 Å². The second-order valence-electron chi connectivity index (χ2n) is 7.12. The molecule has 3 nitrogen and oxygen atoms in total. The van der Waals surface area contributed by atoms with Gasteiger partial charge in [0, 0.05) is 10.0 Å². The third-order valence-corrected chi connectivity index (χ3v) is 6.34. The molecular formula is C21H34Cl2O3S. The van der Waals surface area contributed by atoms with Crippen LogP contribution in [0.4, 0.5) is 0 Å². The first-order chi connectivity index (χ1) is 13.0. The Bertz CT molecular complexity index is 598. The van der Waals surface area contributed by atoms with Gasteiger partial charge < -0.3 is 0 Å². The Morgan fingerprint density at radius 3 is 1.56 bits per heavy atom. The normalized spacial score (nSPS) is 11.8. The van der Waals surface area contributed by atoms with Gasteiger partial charge in [0.25, 0.3) is 10.1 Å². The van der Waals surface area contributed by atoms with Crippen molar-refractivity contribution >= 4 is 33.3 Å². The van der Waals surface area contributed by atoms with Crippen LogP contribution in [0.25, 0.3) is 0 Å². The van der Waals surface area contributed by atoms with Gasteiger partial charge in [-0.25, -0.2) is 0 Å². The summed E-state index contributed by atoms with van der Waals surface area (Å²) >= 11 is 11.7. The number of hydrogen-bond acceptors (Lipinski definition) is 3. The highest BCUT2D eigenvalue weighted by atomic mass is 35.5. The standard InChI is InChI=1S/C21H34Cl2O3S/c1-2-3-4-5-6-7-8-9-10-11-12-13-14-15-26-27(24,25)21-17-19(22)16-20(23)18-21/h16-18H,2-15H2,1H3. The first kappa shape index (κ1) is 24.7. The second kappa shape index (κ2) is 14.7. The lowest BCUT2D eigenvalue weighted by molar-refractivity contribution is 0.306. The molecule has 1 aromatic rings. The SMILES string of the molecule is CCCCCCCCCCCCCCCOS(=O)(=O)c1cc(Cl)cc(Cl)c1. The van der Waals surface area contributed by atoms with Gasteiger partial charge >= 0.3 is 0 Å². The van der Waals surface area contributed by atoms with Gasteiger partial charge in [-0.05, 0) is 24.6 Å². The Morgan fingerprint density at radius 1 is 0.704 bits per heavy atom. The molecule has 0 spiro atoms. The fraction of sp³-hybridized carbons (Fsp3) is 0.714. The first-order valence-electron chi connectivity index (χ1n) is 10.3. The van der Waals surface area contributed by atoms with E-state index in [-0.39, 0.29) is 21.5 Å². The summed E-state index contributed by atoms with van der Waals surface area (Å²) in [5.41, 5.74) is 0. The van der Waals surface area contributed by atoms with E-state index >= 15 is 0 Å². The smallest absolute Gasteiger partial charge is 0.266 e. The van der Waals surface area contributed by atoms with Crippen LogP contribution >= 0.6 is 23.2 Å². The quantitative estimate of drug-likeness (QED) is 0.196. The van der Waals surface area contributed by atoms with Gasteiger partial charge in [0.05, 0.1) is 11.5 Å².